The molecule has 17 heavy (non-hydrogen) atoms. The van der Waals surface area contributed by atoms with E-state index in [0.717, 1.165) is 5.56 Å². The number of Topliss-reactive ketones (excluding diaryl/α,β-unsaturated/α-hetero) is 2. The normalized spacial score (nSPS) is 10.0. The minimum Gasteiger partial charge on any atom is -0.468 e. The van der Waals surface area contributed by atoms with Gasteiger partial charge in [-0.2, -0.15) is 0 Å². The van der Waals surface area contributed by atoms with Crippen molar-refractivity contribution in [2.45, 2.75) is 20.3 Å². The molecule has 0 saturated carbocycles. The Kier molecular flexibility index (Phi) is 5.36. The maximum atomic E-state index is 10.9. The molecule has 0 heterocycles. The first kappa shape index (κ1) is 13.4. The first-order chi connectivity index (χ1) is 8.08. The topological polar surface area (TPSA) is 52.6 Å². The number of carbonyl (C=O) groups excluding carboxylic acids is 2. The van der Waals surface area contributed by atoms with E-state index in [4.69, 9.17) is 9.47 Å². The Morgan fingerprint density at radius 1 is 1.06 bits per heavy atom. The summed E-state index contributed by atoms with van der Waals surface area (Å²) in [6.07, 6.45) is 0.432. The smallest absolute Gasteiger partial charge is 0.189 e. The maximum absolute atomic E-state index is 10.9. The van der Waals surface area contributed by atoms with Crippen LogP contribution in [0.1, 0.15) is 19.4 Å². The van der Waals surface area contributed by atoms with Crippen LogP contribution in [0.25, 0.3) is 0 Å². The lowest BCUT2D eigenvalue weighted by Gasteiger charge is -2.06. The molecule has 0 aliphatic heterocycles. The molecule has 0 amide bonds. The Morgan fingerprint density at radius 2 is 1.71 bits per heavy atom. The highest BCUT2D eigenvalue weighted by Gasteiger charge is 1.99. The summed E-state index contributed by atoms with van der Waals surface area (Å²) in [5.41, 5.74) is 0.953. The fourth-order valence-electron chi connectivity index (χ4n) is 1.29. The van der Waals surface area contributed by atoms with E-state index in [0.29, 0.717) is 12.2 Å². The lowest BCUT2D eigenvalue weighted by atomic mass is 10.1. The molecule has 4 nitrogen and oxygen atoms in total. The highest BCUT2D eigenvalue weighted by Crippen LogP contribution is 2.12. The second kappa shape index (κ2) is 6.81. The van der Waals surface area contributed by atoms with E-state index in [1.165, 1.54) is 6.92 Å². The zero-order valence-corrected chi connectivity index (χ0v) is 10.1. The zero-order valence-electron chi connectivity index (χ0n) is 10.1. The van der Waals surface area contributed by atoms with Crippen molar-refractivity contribution in [2.24, 2.45) is 0 Å². The van der Waals surface area contributed by atoms with Crippen LogP contribution in [0.4, 0.5) is 0 Å². The van der Waals surface area contributed by atoms with Crippen molar-refractivity contribution >= 4 is 11.6 Å². The van der Waals surface area contributed by atoms with Crippen LogP contribution in [0.2, 0.25) is 0 Å². The molecule has 0 N–H and O–H groups in total. The van der Waals surface area contributed by atoms with Crippen LogP contribution in [0.3, 0.4) is 0 Å². The van der Waals surface area contributed by atoms with Gasteiger partial charge < -0.3 is 9.47 Å². The van der Waals surface area contributed by atoms with Gasteiger partial charge in [0.2, 0.25) is 0 Å². The average molecular weight is 236 g/mol. The summed E-state index contributed by atoms with van der Waals surface area (Å²) in [5.74, 6) is 0.745. The summed E-state index contributed by atoms with van der Waals surface area (Å²) in [6.45, 7) is 3.12. The van der Waals surface area contributed by atoms with Gasteiger partial charge in [0, 0.05) is 6.42 Å². The summed E-state index contributed by atoms with van der Waals surface area (Å²) in [6, 6.07) is 7.22. The van der Waals surface area contributed by atoms with Crippen LogP contribution in [0.15, 0.2) is 24.3 Å². The molecule has 4 heteroatoms. The molecule has 0 aromatic heterocycles. The second-order valence-corrected chi connectivity index (χ2v) is 3.84. The van der Waals surface area contributed by atoms with Gasteiger partial charge in [-0.25, -0.2) is 0 Å². The highest BCUT2D eigenvalue weighted by atomic mass is 16.7. The number of carbonyl (C=O) groups is 2. The molecule has 0 spiro atoms. The van der Waals surface area contributed by atoms with Crippen LogP contribution in [0, 0.1) is 0 Å². The van der Waals surface area contributed by atoms with E-state index in [1.54, 1.807) is 19.1 Å². The van der Waals surface area contributed by atoms with Crippen molar-refractivity contribution in [3.8, 4) is 5.75 Å². The van der Waals surface area contributed by atoms with Crippen LogP contribution in [-0.4, -0.2) is 25.0 Å². The Bertz CT molecular complexity index is 381. The molecule has 0 bridgehead atoms. The number of rotatable bonds is 7. The number of hydrogen-bond acceptors (Lipinski definition) is 4. The Morgan fingerprint density at radius 3 is 2.24 bits per heavy atom. The molecule has 0 aliphatic rings. The monoisotopic (exact) mass is 236 g/mol. The fourth-order valence-corrected chi connectivity index (χ4v) is 1.29. The molecule has 0 fully saturated rings. The molecular weight excluding hydrogens is 220 g/mol. The number of ketones is 2. The molecule has 92 valence electrons. The van der Waals surface area contributed by atoms with Crippen molar-refractivity contribution < 1.29 is 19.1 Å². The summed E-state index contributed by atoms with van der Waals surface area (Å²) in [4.78, 5) is 21.5. The first-order valence-electron chi connectivity index (χ1n) is 5.36. The third-order valence-electron chi connectivity index (χ3n) is 1.99. The van der Waals surface area contributed by atoms with Gasteiger partial charge in [0.05, 0.1) is 0 Å². The fraction of sp³-hybridized carbons (Fsp3) is 0.385. The third-order valence-corrected chi connectivity index (χ3v) is 1.99. The number of ether oxygens (including phenoxy) is 2. The van der Waals surface area contributed by atoms with Crippen LogP contribution >= 0.6 is 0 Å². The molecule has 0 radical (unpaired) electrons. The zero-order chi connectivity index (χ0) is 12.7. The molecule has 0 atom stereocenters. The molecule has 1 aromatic rings. The molecule has 0 unspecified atom stereocenters. The standard InChI is InChI=1S/C13H16O4/c1-10(14)7-12-3-5-13(6-4-12)17-9-16-8-11(2)15/h3-6H,7-9H2,1-2H3. The van der Waals surface area contributed by atoms with E-state index in [1.807, 2.05) is 12.1 Å². The van der Waals surface area contributed by atoms with Crippen molar-refractivity contribution in [3.05, 3.63) is 29.8 Å². The molecule has 0 saturated heterocycles. The molecule has 1 aromatic carbocycles. The largest absolute Gasteiger partial charge is 0.468 e. The molecular formula is C13H16O4. The lowest BCUT2D eigenvalue weighted by molar-refractivity contribution is -0.124. The van der Waals surface area contributed by atoms with Gasteiger partial charge in [0.1, 0.15) is 18.1 Å². The minimum atomic E-state index is -0.0367. The van der Waals surface area contributed by atoms with Gasteiger partial charge in [-0.1, -0.05) is 12.1 Å². The minimum absolute atomic E-state index is 0.0367. The van der Waals surface area contributed by atoms with Gasteiger partial charge in [-0.3, -0.25) is 9.59 Å². The van der Waals surface area contributed by atoms with Gasteiger partial charge in [-0.05, 0) is 31.5 Å². The predicted octanol–water partition coefficient (Wildman–Crippen LogP) is 1.76. The van der Waals surface area contributed by atoms with Crippen LogP contribution < -0.4 is 4.74 Å². The van der Waals surface area contributed by atoms with E-state index in [-0.39, 0.29) is 25.0 Å². The Hall–Kier alpha value is -1.68. The Balaban J connectivity index is 2.35. The van der Waals surface area contributed by atoms with E-state index >= 15 is 0 Å². The summed E-state index contributed by atoms with van der Waals surface area (Å²) in [5, 5.41) is 0. The predicted molar refractivity (Wildman–Crippen MR) is 63.0 cm³/mol. The average Bonchev–Trinajstić information content (AvgIpc) is 2.25. The highest BCUT2D eigenvalue weighted by molar-refractivity contribution is 5.78. The van der Waals surface area contributed by atoms with Crippen molar-refractivity contribution in [2.75, 3.05) is 13.4 Å². The number of hydrogen-bond donors (Lipinski definition) is 0. The van der Waals surface area contributed by atoms with E-state index in [2.05, 4.69) is 0 Å². The maximum Gasteiger partial charge on any atom is 0.189 e. The van der Waals surface area contributed by atoms with Crippen molar-refractivity contribution in [1.82, 2.24) is 0 Å². The van der Waals surface area contributed by atoms with Crippen molar-refractivity contribution in [1.29, 1.82) is 0 Å². The van der Waals surface area contributed by atoms with Gasteiger partial charge in [0.15, 0.2) is 12.6 Å². The SMILES string of the molecule is CC(=O)COCOc1ccc(CC(C)=O)cc1. The lowest BCUT2D eigenvalue weighted by Crippen LogP contribution is -2.09. The molecule has 0 aliphatic carbocycles. The van der Waals surface area contributed by atoms with Crippen LogP contribution in [-0.2, 0) is 20.7 Å². The number of benzene rings is 1. The first-order valence-corrected chi connectivity index (χ1v) is 5.36. The van der Waals surface area contributed by atoms with Gasteiger partial charge in [0.25, 0.3) is 0 Å². The van der Waals surface area contributed by atoms with Gasteiger partial charge in [-0.15, -0.1) is 0 Å². The summed E-state index contributed by atoms with van der Waals surface area (Å²) >= 11 is 0. The van der Waals surface area contributed by atoms with E-state index in [9.17, 15) is 9.59 Å². The third kappa shape index (κ3) is 5.82. The Labute approximate surface area is 101 Å². The van der Waals surface area contributed by atoms with Crippen molar-refractivity contribution in [3.63, 3.8) is 0 Å². The van der Waals surface area contributed by atoms with Gasteiger partial charge >= 0.3 is 0 Å². The van der Waals surface area contributed by atoms with Crippen LogP contribution in [0.5, 0.6) is 5.75 Å². The second-order valence-electron chi connectivity index (χ2n) is 3.84. The van der Waals surface area contributed by atoms with E-state index < -0.39 is 0 Å². The summed E-state index contributed by atoms with van der Waals surface area (Å²) < 4.78 is 10.2. The quantitative estimate of drug-likeness (QED) is 0.534. The molecule has 1 rings (SSSR count). The summed E-state index contributed by atoms with van der Waals surface area (Å²) in [7, 11) is 0.